The van der Waals surface area contributed by atoms with Gasteiger partial charge < -0.3 is 0 Å². The fraction of sp³-hybridized carbons (Fsp3) is 1.00. The zero-order valence-electron chi connectivity index (χ0n) is 27.8. The molecule has 0 aromatic heterocycles. The van der Waals surface area contributed by atoms with E-state index in [-0.39, 0.29) is 0 Å². The molecular formula is C38H78. The maximum absolute atomic E-state index is 2.34. The van der Waals surface area contributed by atoms with Crippen LogP contribution in [0.5, 0.6) is 0 Å². The molecule has 0 unspecified atom stereocenters. The Morgan fingerprint density at radius 3 is 0.553 bits per heavy atom. The Labute approximate surface area is 244 Å². The van der Waals surface area contributed by atoms with Crippen molar-refractivity contribution in [3.63, 3.8) is 0 Å². The standard InChI is InChI=1S/C38H78/c1-5-9-13-17-21-25-29-33-37(34-30-26-22-18-14-10-6-2)38(35-31-27-23-19-15-11-7-3)36-32-28-24-20-16-12-8-4/h37-38H,5-36H2,1-4H3. The monoisotopic (exact) mass is 535 g/mol. The molecular weight excluding hydrogens is 456 g/mol. The van der Waals surface area contributed by atoms with Gasteiger partial charge in [-0.05, 0) is 11.8 Å². The fourth-order valence-electron chi connectivity index (χ4n) is 6.69. The second-order valence-electron chi connectivity index (χ2n) is 13.2. The van der Waals surface area contributed by atoms with Crippen molar-refractivity contribution in [1.29, 1.82) is 0 Å². The van der Waals surface area contributed by atoms with E-state index in [1.54, 1.807) is 25.7 Å². The van der Waals surface area contributed by atoms with Gasteiger partial charge in [0.15, 0.2) is 0 Å². The highest BCUT2D eigenvalue weighted by molar-refractivity contribution is 4.72. The molecule has 0 heteroatoms. The first kappa shape index (κ1) is 38.0. The molecule has 0 aromatic carbocycles. The minimum atomic E-state index is 1.03. The topological polar surface area (TPSA) is 0 Å². The fourth-order valence-corrected chi connectivity index (χ4v) is 6.69. The van der Waals surface area contributed by atoms with Crippen LogP contribution in [0.3, 0.4) is 0 Å². The molecule has 0 fully saturated rings. The molecule has 0 saturated carbocycles. The molecule has 0 radical (unpaired) electrons. The van der Waals surface area contributed by atoms with E-state index >= 15 is 0 Å². The molecule has 0 atom stereocenters. The zero-order valence-corrected chi connectivity index (χ0v) is 27.8. The van der Waals surface area contributed by atoms with E-state index in [0.29, 0.717) is 0 Å². The number of rotatable bonds is 33. The van der Waals surface area contributed by atoms with Crippen LogP contribution < -0.4 is 0 Å². The predicted octanol–water partition coefficient (Wildman–Crippen LogP) is 14.8. The number of hydrogen-bond acceptors (Lipinski definition) is 0. The van der Waals surface area contributed by atoms with Crippen molar-refractivity contribution >= 4 is 0 Å². The quantitative estimate of drug-likeness (QED) is 0.0734. The molecule has 0 aromatic rings. The van der Waals surface area contributed by atoms with Crippen LogP contribution in [-0.4, -0.2) is 0 Å². The average molecular weight is 535 g/mol. The lowest BCUT2D eigenvalue weighted by molar-refractivity contribution is 0.236. The SMILES string of the molecule is CCCCCCCCCC(CCCCCCCCC)C(CCCCCCCCC)CCCCCCCCC. The average Bonchev–Trinajstić information content (AvgIpc) is 2.93. The van der Waals surface area contributed by atoms with Gasteiger partial charge >= 0.3 is 0 Å². The molecule has 0 aliphatic carbocycles. The van der Waals surface area contributed by atoms with Crippen LogP contribution in [0.2, 0.25) is 0 Å². The van der Waals surface area contributed by atoms with E-state index in [9.17, 15) is 0 Å². The van der Waals surface area contributed by atoms with Crippen molar-refractivity contribution in [2.45, 2.75) is 233 Å². The van der Waals surface area contributed by atoms with Gasteiger partial charge in [0.2, 0.25) is 0 Å². The Morgan fingerprint density at radius 2 is 0.368 bits per heavy atom. The first-order valence-electron chi connectivity index (χ1n) is 18.8. The number of unbranched alkanes of at least 4 members (excludes halogenated alkanes) is 24. The third-order valence-corrected chi connectivity index (χ3v) is 9.38. The molecule has 0 amide bonds. The van der Waals surface area contributed by atoms with Crippen molar-refractivity contribution in [2.75, 3.05) is 0 Å². The maximum atomic E-state index is 2.34. The molecule has 230 valence electrons. The Morgan fingerprint density at radius 1 is 0.211 bits per heavy atom. The van der Waals surface area contributed by atoms with E-state index in [0.717, 1.165) is 11.8 Å². The van der Waals surface area contributed by atoms with Crippen molar-refractivity contribution in [3.05, 3.63) is 0 Å². The molecule has 0 saturated heterocycles. The van der Waals surface area contributed by atoms with Crippen LogP contribution in [-0.2, 0) is 0 Å². The van der Waals surface area contributed by atoms with E-state index in [4.69, 9.17) is 0 Å². The second-order valence-corrected chi connectivity index (χ2v) is 13.2. The van der Waals surface area contributed by atoms with Crippen molar-refractivity contribution < 1.29 is 0 Å². The van der Waals surface area contributed by atoms with Crippen LogP contribution in [0.4, 0.5) is 0 Å². The molecule has 0 heterocycles. The van der Waals surface area contributed by atoms with E-state index in [2.05, 4.69) is 27.7 Å². The minimum absolute atomic E-state index is 1.03. The van der Waals surface area contributed by atoms with Gasteiger partial charge in [0.1, 0.15) is 0 Å². The maximum Gasteiger partial charge on any atom is -0.0386 e. The van der Waals surface area contributed by atoms with Crippen LogP contribution >= 0.6 is 0 Å². The van der Waals surface area contributed by atoms with Crippen LogP contribution in [0.1, 0.15) is 233 Å². The molecule has 0 aliphatic rings. The summed E-state index contributed by atoms with van der Waals surface area (Å²) in [7, 11) is 0. The summed E-state index contributed by atoms with van der Waals surface area (Å²) in [6.07, 6.45) is 47.3. The summed E-state index contributed by atoms with van der Waals surface area (Å²) < 4.78 is 0. The van der Waals surface area contributed by atoms with Gasteiger partial charge in [-0.1, -0.05) is 233 Å². The van der Waals surface area contributed by atoms with Crippen molar-refractivity contribution in [3.8, 4) is 0 Å². The third kappa shape index (κ3) is 27.6. The molecule has 38 heavy (non-hydrogen) atoms. The molecule has 0 aliphatic heterocycles. The summed E-state index contributed by atoms with van der Waals surface area (Å²) in [6.45, 7) is 9.35. The summed E-state index contributed by atoms with van der Waals surface area (Å²) in [4.78, 5) is 0. The van der Waals surface area contributed by atoms with E-state index in [1.807, 2.05) is 0 Å². The molecule has 0 rings (SSSR count). The minimum Gasteiger partial charge on any atom is -0.0654 e. The lowest BCUT2D eigenvalue weighted by atomic mass is 9.78. The van der Waals surface area contributed by atoms with Crippen LogP contribution in [0.15, 0.2) is 0 Å². The summed E-state index contributed by atoms with van der Waals surface area (Å²) in [5.74, 6) is 2.06. The lowest BCUT2D eigenvalue weighted by Gasteiger charge is -2.28. The first-order valence-corrected chi connectivity index (χ1v) is 18.8. The summed E-state index contributed by atoms with van der Waals surface area (Å²) in [5, 5.41) is 0. The Balaban J connectivity index is 4.71. The van der Waals surface area contributed by atoms with E-state index in [1.165, 1.54) is 180 Å². The summed E-state index contributed by atoms with van der Waals surface area (Å²) in [6, 6.07) is 0. The van der Waals surface area contributed by atoms with Gasteiger partial charge in [0.25, 0.3) is 0 Å². The predicted molar refractivity (Wildman–Crippen MR) is 177 cm³/mol. The normalized spacial score (nSPS) is 11.8. The largest absolute Gasteiger partial charge is 0.0654 e. The van der Waals surface area contributed by atoms with Gasteiger partial charge in [-0.2, -0.15) is 0 Å². The van der Waals surface area contributed by atoms with Gasteiger partial charge in [-0.3, -0.25) is 0 Å². The Bertz CT molecular complexity index is 325. The molecule has 0 spiro atoms. The van der Waals surface area contributed by atoms with Crippen molar-refractivity contribution in [2.24, 2.45) is 11.8 Å². The summed E-state index contributed by atoms with van der Waals surface area (Å²) >= 11 is 0. The summed E-state index contributed by atoms with van der Waals surface area (Å²) in [5.41, 5.74) is 0. The highest BCUT2D eigenvalue weighted by Gasteiger charge is 2.20. The van der Waals surface area contributed by atoms with Gasteiger partial charge in [-0.25, -0.2) is 0 Å². The Kier molecular flexibility index (Phi) is 33.2. The highest BCUT2D eigenvalue weighted by Crippen LogP contribution is 2.33. The third-order valence-electron chi connectivity index (χ3n) is 9.38. The Hall–Kier alpha value is 0. The molecule has 0 N–H and O–H groups in total. The molecule has 0 bridgehead atoms. The zero-order chi connectivity index (χ0) is 27.8. The van der Waals surface area contributed by atoms with Crippen LogP contribution in [0, 0.1) is 11.8 Å². The lowest BCUT2D eigenvalue weighted by Crippen LogP contribution is -2.16. The van der Waals surface area contributed by atoms with E-state index < -0.39 is 0 Å². The molecule has 0 nitrogen and oxygen atoms in total. The number of hydrogen-bond donors (Lipinski definition) is 0. The van der Waals surface area contributed by atoms with Gasteiger partial charge in [-0.15, -0.1) is 0 Å². The van der Waals surface area contributed by atoms with Crippen LogP contribution in [0.25, 0.3) is 0 Å². The van der Waals surface area contributed by atoms with Crippen molar-refractivity contribution in [1.82, 2.24) is 0 Å². The van der Waals surface area contributed by atoms with Gasteiger partial charge in [0, 0.05) is 0 Å². The highest BCUT2D eigenvalue weighted by atomic mass is 14.3. The smallest absolute Gasteiger partial charge is 0.0386 e. The second kappa shape index (κ2) is 33.2. The first-order chi connectivity index (χ1) is 18.8. The van der Waals surface area contributed by atoms with Gasteiger partial charge in [0.05, 0.1) is 0 Å².